The van der Waals surface area contributed by atoms with Crippen LogP contribution in [0.3, 0.4) is 0 Å². The fourth-order valence-corrected chi connectivity index (χ4v) is 1.86. The number of halogens is 1. The quantitative estimate of drug-likeness (QED) is 0.801. The summed E-state index contributed by atoms with van der Waals surface area (Å²) < 4.78 is 11.9. The van der Waals surface area contributed by atoms with Crippen LogP contribution in [-0.2, 0) is 6.61 Å². The van der Waals surface area contributed by atoms with E-state index in [9.17, 15) is 0 Å². The molecule has 0 radical (unpaired) electrons. The number of benzene rings is 1. The lowest BCUT2D eigenvalue weighted by Crippen LogP contribution is -1.97. The van der Waals surface area contributed by atoms with Crippen LogP contribution in [0.25, 0.3) is 0 Å². The molecule has 1 aliphatic carbocycles. The van der Waals surface area contributed by atoms with Crippen molar-refractivity contribution in [3.05, 3.63) is 39.6 Å². The van der Waals surface area contributed by atoms with Crippen LogP contribution in [0.4, 0.5) is 0 Å². The number of rotatable bonds is 4. The molecule has 0 aliphatic heterocycles. The third-order valence-corrected chi connectivity index (χ3v) is 3.31. The molecular formula is C12H11IN2O2. The molecule has 0 unspecified atom stereocenters. The van der Waals surface area contributed by atoms with Crippen LogP contribution in [0.1, 0.15) is 30.5 Å². The lowest BCUT2D eigenvalue weighted by Gasteiger charge is -2.02. The summed E-state index contributed by atoms with van der Waals surface area (Å²) in [6, 6.07) is 7.87. The molecule has 3 rings (SSSR count). The molecule has 0 N–H and O–H groups in total. The Morgan fingerprint density at radius 3 is 2.76 bits per heavy atom. The summed E-state index contributed by atoms with van der Waals surface area (Å²) in [7, 11) is 0. The van der Waals surface area contributed by atoms with Gasteiger partial charge in [-0.05, 0) is 59.7 Å². The zero-order valence-electron chi connectivity index (χ0n) is 9.10. The monoisotopic (exact) mass is 342 g/mol. The number of nitrogens with zero attached hydrogens (tertiary/aromatic N) is 2. The molecule has 2 aromatic rings. The van der Waals surface area contributed by atoms with Gasteiger partial charge < -0.3 is 9.26 Å². The molecular weight excluding hydrogens is 331 g/mol. The van der Waals surface area contributed by atoms with E-state index in [1.165, 1.54) is 16.4 Å². The van der Waals surface area contributed by atoms with E-state index >= 15 is 0 Å². The zero-order valence-corrected chi connectivity index (χ0v) is 11.3. The first kappa shape index (κ1) is 11.0. The largest absolute Gasteiger partial charge is 0.485 e. The van der Waals surface area contributed by atoms with E-state index in [4.69, 9.17) is 9.26 Å². The maximum absolute atomic E-state index is 5.57. The summed E-state index contributed by atoms with van der Waals surface area (Å²) in [4.78, 5) is 4.30. The van der Waals surface area contributed by atoms with Crippen molar-refractivity contribution in [2.75, 3.05) is 0 Å². The van der Waals surface area contributed by atoms with Crippen LogP contribution in [0.15, 0.2) is 28.8 Å². The standard InChI is InChI=1S/C12H11IN2O2/c13-9-3-5-10(6-4-9)16-7-11-14-12(17-15-11)8-1-2-8/h3-6,8H,1-2,7H2. The summed E-state index contributed by atoms with van der Waals surface area (Å²) in [5, 5.41) is 3.90. The number of hydrogen-bond donors (Lipinski definition) is 0. The highest BCUT2D eigenvalue weighted by molar-refractivity contribution is 14.1. The lowest BCUT2D eigenvalue weighted by molar-refractivity contribution is 0.285. The van der Waals surface area contributed by atoms with Crippen molar-refractivity contribution in [2.45, 2.75) is 25.4 Å². The number of aromatic nitrogens is 2. The van der Waals surface area contributed by atoms with Crippen molar-refractivity contribution >= 4 is 22.6 Å². The second-order valence-corrected chi connectivity index (χ2v) is 5.31. The van der Waals surface area contributed by atoms with Crippen molar-refractivity contribution in [3.63, 3.8) is 0 Å². The van der Waals surface area contributed by atoms with E-state index in [0.717, 1.165) is 11.6 Å². The zero-order chi connectivity index (χ0) is 11.7. The Morgan fingerprint density at radius 2 is 2.06 bits per heavy atom. The van der Waals surface area contributed by atoms with Gasteiger partial charge >= 0.3 is 0 Å². The Morgan fingerprint density at radius 1 is 1.29 bits per heavy atom. The van der Waals surface area contributed by atoms with E-state index in [1.807, 2.05) is 24.3 Å². The number of hydrogen-bond acceptors (Lipinski definition) is 4. The molecule has 17 heavy (non-hydrogen) atoms. The van der Waals surface area contributed by atoms with E-state index in [2.05, 4.69) is 32.7 Å². The molecule has 0 spiro atoms. The highest BCUT2D eigenvalue weighted by atomic mass is 127. The van der Waals surface area contributed by atoms with Crippen molar-refractivity contribution in [1.29, 1.82) is 0 Å². The van der Waals surface area contributed by atoms with Crippen molar-refractivity contribution in [1.82, 2.24) is 10.1 Å². The summed E-state index contributed by atoms with van der Waals surface area (Å²) in [6.07, 6.45) is 2.33. The normalized spacial score (nSPS) is 14.9. The minimum atomic E-state index is 0.358. The highest BCUT2D eigenvalue weighted by Crippen LogP contribution is 2.38. The van der Waals surface area contributed by atoms with Gasteiger partial charge in [0.15, 0.2) is 6.61 Å². The molecule has 1 aliphatic rings. The Bertz CT molecular complexity index is 505. The molecule has 1 fully saturated rings. The first-order valence-corrected chi connectivity index (χ1v) is 6.60. The Hall–Kier alpha value is -1.11. The third-order valence-electron chi connectivity index (χ3n) is 2.59. The molecule has 88 valence electrons. The van der Waals surface area contributed by atoms with E-state index in [0.29, 0.717) is 18.3 Å². The summed E-state index contributed by atoms with van der Waals surface area (Å²) in [6.45, 7) is 0.358. The van der Waals surface area contributed by atoms with Gasteiger partial charge in [0.1, 0.15) is 5.75 Å². The average Bonchev–Trinajstić information content (AvgIpc) is 3.09. The maximum atomic E-state index is 5.57. The first-order chi connectivity index (χ1) is 8.31. The van der Waals surface area contributed by atoms with Crippen molar-refractivity contribution in [3.8, 4) is 5.75 Å². The molecule has 0 atom stereocenters. The second kappa shape index (κ2) is 4.64. The van der Waals surface area contributed by atoms with Crippen LogP contribution in [0.2, 0.25) is 0 Å². The average molecular weight is 342 g/mol. The van der Waals surface area contributed by atoms with Gasteiger partial charge in [0.2, 0.25) is 11.7 Å². The van der Waals surface area contributed by atoms with Crippen molar-refractivity contribution in [2.24, 2.45) is 0 Å². The third kappa shape index (κ3) is 2.77. The molecule has 4 nitrogen and oxygen atoms in total. The molecule has 1 saturated carbocycles. The fourth-order valence-electron chi connectivity index (χ4n) is 1.50. The van der Waals surface area contributed by atoms with Gasteiger partial charge in [0, 0.05) is 9.49 Å². The Balaban J connectivity index is 1.60. The van der Waals surface area contributed by atoms with E-state index in [1.54, 1.807) is 0 Å². The van der Waals surface area contributed by atoms with Gasteiger partial charge in [-0.2, -0.15) is 4.98 Å². The van der Waals surface area contributed by atoms with Crippen LogP contribution in [-0.4, -0.2) is 10.1 Å². The summed E-state index contributed by atoms with van der Waals surface area (Å²) in [5.41, 5.74) is 0. The lowest BCUT2D eigenvalue weighted by atomic mass is 10.3. The molecule has 0 amide bonds. The minimum Gasteiger partial charge on any atom is -0.485 e. The Labute approximate surface area is 113 Å². The second-order valence-electron chi connectivity index (χ2n) is 4.07. The molecule has 1 aromatic heterocycles. The minimum absolute atomic E-state index is 0.358. The topological polar surface area (TPSA) is 48.2 Å². The smallest absolute Gasteiger partial charge is 0.229 e. The molecule has 0 bridgehead atoms. The molecule has 1 aromatic carbocycles. The van der Waals surface area contributed by atoms with Gasteiger partial charge in [0.25, 0.3) is 0 Å². The van der Waals surface area contributed by atoms with E-state index < -0.39 is 0 Å². The fraction of sp³-hybridized carbons (Fsp3) is 0.333. The van der Waals surface area contributed by atoms with Gasteiger partial charge in [-0.25, -0.2) is 0 Å². The van der Waals surface area contributed by atoms with Gasteiger partial charge in [-0.15, -0.1) is 0 Å². The van der Waals surface area contributed by atoms with E-state index in [-0.39, 0.29) is 0 Å². The highest BCUT2D eigenvalue weighted by Gasteiger charge is 2.29. The van der Waals surface area contributed by atoms with Crippen molar-refractivity contribution < 1.29 is 9.26 Å². The summed E-state index contributed by atoms with van der Waals surface area (Å²) in [5.74, 6) is 2.69. The molecule has 5 heteroatoms. The molecule has 1 heterocycles. The first-order valence-electron chi connectivity index (χ1n) is 5.52. The summed E-state index contributed by atoms with van der Waals surface area (Å²) >= 11 is 2.26. The van der Waals surface area contributed by atoms with Gasteiger partial charge in [-0.1, -0.05) is 5.16 Å². The molecule has 0 saturated heterocycles. The van der Waals surface area contributed by atoms with Gasteiger partial charge in [-0.3, -0.25) is 0 Å². The number of ether oxygens (including phenoxy) is 1. The SMILES string of the molecule is Ic1ccc(OCc2noc(C3CC3)n2)cc1. The van der Waals surface area contributed by atoms with Gasteiger partial charge in [0.05, 0.1) is 0 Å². The van der Waals surface area contributed by atoms with Crippen LogP contribution in [0, 0.1) is 3.57 Å². The van der Waals surface area contributed by atoms with Crippen LogP contribution >= 0.6 is 22.6 Å². The van der Waals surface area contributed by atoms with Crippen LogP contribution < -0.4 is 4.74 Å². The predicted molar refractivity (Wildman–Crippen MR) is 69.8 cm³/mol. The maximum Gasteiger partial charge on any atom is 0.229 e. The van der Waals surface area contributed by atoms with Crippen LogP contribution in [0.5, 0.6) is 5.75 Å². The Kier molecular flexibility index (Phi) is 3.00. The predicted octanol–water partition coefficient (Wildman–Crippen LogP) is 3.13.